The summed E-state index contributed by atoms with van der Waals surface area (Å²) in [5, 5.41) is 0. The first kappa shape index (κ1) is 11.9. The quantitative estimate of drug-likeness (QED) is 0.722. The Hall–Kier alpha value is -0.575. The van der Waals surface area contributed by atoms with Crippen molar-refractivity contribution in [3.63, 3.8) is 0 Å². The Bertz CT molecular complexity index is 403. The topological polar surface area (TPSA) is 35.5 Å². The van der Waals surface area contributed by atoms with Crippen molar-refractivity contribution in [1.82, 2.24) is 0 Å². The molecule has 4 heteroatoms. The fourth-order valence-corrected chi connectivity index (χ4v) is 5.79. The zero-order valence-electron chi connectivity index (χ0n) is 9.66. The SMILES string of the molecule is CC(=O)[O][Hg][CH2]C1Cc2cc(C)ccc2O1. The number of aryl methyl sites for hydroxylation is 1. The van der Waals surface area contributed by atoms with Gasteiger partial charge in [-0.15, -0.1) is 0 Å². The van der Waals surface area contributed by atoms with Crippen molar-refractivity contribution in [2.24, 2.45) is 0 Å². The van der Waals surface area contributed by atoms with Crippen molar-refractivity contribution in [2.45, 2.75) is 30.3 Å². The van der Waals surface area contributed by atoms with Crippen LogP contribution in [0.5, 0.6) is 5.75 Å². The summed E-state index contributed by atoms with van der Waals surface area (Å²) in [6.07, 6.45) is 1.22. The van der Waals surface area contributed by atoms with Crippen LogP contribution in [0.15, 0.2) is 18.2 Å². The van der Waals surface area contributed by atoms with Crippen molar-refractivity contribution in [3.8, 4) is 5.75 Å². The molecule has 2 rings (SSSR count). The molecule has 1 heterocycles. The van der Waals surface area contributed by atoms with Gasteiger partial charge in [-0.2, -0.15) is 0 Å². The van der Waals surface area contributed by atoms with Crippen LogP contribution in [0.4, 0.5) is 0 Å². The predicted octanol–water partition coefficient (Wildman–Crippen LogP) is 2.28. The van der Waals surface area contributed by atoms with Gasteiger partial charge in [0, 0.05) is 0 Å². The summed E-state index contributed by atoms with van der Waals surface area (Å²) < 4.78 is 11.9. The summed E-state index contributed by atoms with van der Waals surface area (Å²) in [4.78, 5) is 10.7. The maximum atomic E-state index is 10.7. The monoisotopic (exact) mass is 408 g/mol. The normalized spacial score (nSPS) is 17.2. The van der Waals surface area contributed by atoms with Crippen LogP contribution in [0.2, 0.25) is 3.93 Å². The van der Waals surface area contributed by atoms with Crippen LogP contribution in [-0.2, 0) is 38.9 Å². The summed E-state index contributed by atoms with van der Waals surface area (Å²) in [6, 6.07) is 6.28. The van der Waals surface area contributed by atoms with E-state index in [1.807, 2.05) is 6.07 Å². The first-order chi connectivity index (χ1) is 7.65. The van der Waals surface area contributed by atoms with E-state index in [9.17, 15) is 4.79 Å². The van der Waals surface area contributed by atoms with Crippen LogP contribution in [-0.4, -0.2) is 12.1 Å². The molecule has 0 amide bonds. The molecule has 0 fully saturated rings. The maximum absolute atomic E-state index is 10.7. The molecule has 0 aliphatic carbocycles. The first-order valence-electron chi connectivity index (χ1n) is 5.54. The molecular weight excluding hydrogens is 393 g/mol. The standard InChI is InChI=1S/C10H11O.C2H4O2.Hg/c1-7-3-4-10-9(5-7)6-8(2)11-10;1-2(3)4;/h3-5,8H,2,6H2,1H3;1H3,(H,3,4);/q;;+1/p-1. The van der Waals surface area contributed by atoms with Crippen molar-refractivity contribution in [2.75, 3.05) is 0 Å². The third-order valence-corrected chi connectivity index (χ3v) is 8.50. The van der Waals surface area contributed by atoms with Gasteiger partial charge in [-0.3, -0.25) is 0 Å². The van der Waals surface area contributed by atoms with Gasteiger partial charge in [0.15, 0.2) is 0 Å². The molecule has 0 aromatic heterocycles. The number of fused-ring (bicyclic) bond motifs is 1. The van der Waals surface area contributed by atoms with E-state index in [2.05, 4.69) is 19.1 Å². The Morgan fingerprint density at radius 2 is 2.44 bits per heavy atom. The molecular formula is C12H14HgO3. The molecule has 1 aromatic carbocycles. The molecule has 0 saturated carbocycles. The van der Waals surface area contributed by atoms with Gasteiger partial charge in [-0.25, -0.2) is 0 Å². The molecule has 0 N–H and O–H groups in total. The third-order valence-electron chi connectivity index (χ3n) is 2.70. The van der Waals surface area contributed by atoms with Crippen LogP contribution in [0.1, 0.15) is 18.1 Å². The van der Waals surface area contributed by atoms with Crippen molar-refractivity contribution >= 4 is 5.97 Å². The van der Waals surface area contributed by atoms with Crippen LogP contribution in [0, 0.1) is 6.92 Å². The Labute approximate surface area is 108 Å². The molecule has 1 aliphatic heterocycles. The molecule has 1 atom stereocenters. The molecule has 1 unspecified atom stereocenters. The third kappa shape index (κ3) is 2.97. The van der Waals surface area contributed by atoms with Crippen LogP contribution in [0.25, 0.3) is 0 Å². The van der Waals surface area contributed by atoms with E-state index >= 15 is 0 Å². The average Bonchev–Trinajstić information content (AvgIpc) is 2.58. The van der Waals surface area contributed by atoms with E-state index in [-0.39, 0.29) is 12.1 Å². The summed E-state index contributed by atoms with van der Waals surface area (Å²) in [5.74, 6) is 0.875. The summed E-state index contributed by atoms with van der Waals surface area (Å²) in [7, 11) is 0. The fraction of sp³-hybridized carbons (Fsp3) is 0.417. The minimum atomic E-state index is -1.49. The minimum absolute atomic E-state index is 0.131. The first-order valence-corrected chi connectivity index (χ1v) is 11.7. The van der Waals surface area contributed by atoms with Gasteiger partial charge in [-0.05, 0) is 0 Å². The molecule has 1 aromatic rings. The van der Waals surface area contributed by atoms with Gasteiger partial charge in [-0.1, -0.05) is 0 Å². The number of benzene rings is 1. The van der Waals surface area contributed by atoms with E-state index in [0.717, 1.165) is 16.1 Å². The zero-order valence-corrected chi connectivity index (χ0v) is 15.2. The number of hydrogen-bond donors (Lipinski definition) is 0. The predicted molar refractivity (Wildman–Crippen MR) is 55.9 cm³/mol. The molecule has 0 bridgehead atoms. The Kier molecular flexibility index (Phi) is 3.84. The second-order valence-electron chi connectivity index (χ2n) is 4.18. The number of hydrogen-bond acceptors (Lipinski definition) is 3. The van der Waals surface area contributed by atoms with Gasteiger partial charge >= 0.3 is 109 Å². The van der Waals surface area contributed by atoms with Crippen LogP contribution >= 0.6 is 0 Å². The van der Waals surface area contributed by atoms with E-state index in [1.165, 1.54) is 18.1 Å². The fourth-order valence-electron chi connectivity index (χ4n) is 1.94. The van der Waals surface area contributed by atoms with Crippen LogP contribution in [0.3, 0.4) is 0 Å². The second kappa shape index (κ2) is 5.17. The van der Waals surface area contributed by atoms with Gasteiger partial charge < -0.3 is 0 Å². The molecule has 0 spiro atoms. The molecule has 1 aliphatic rings. The molecule has 16 heavy (non-hydrogen) atoms. The van der Waals surface area contributed by atoms with E-state index in [0.29, 0.717) is 0 Å². The molecule has 3 nitrogen and oxygen atoms in total. The second-order valence-corrected chi connectivity index (χ2v) is 9.14. The van der Waals surface area contributed by atoms with Crippen molar-refractivity contribution in [1.29, 1.82) is 0 Å². The van der Waals surface area contributed by atoms with Crippen molar-refractivity contribution in [3.05, 3.63) is 29.3 Å². The summed E-state index contributed by atoms with van der Waals surface area (Å²) in [5.41, 5.74) is 2.56. The molecule has 0 saturated heterocycles. The average molecular weight is 407 g/mol. The van der Waals surface area contributed by atoms with E-state index in [1.54, 1.807) is 0 Å². The number of carbonyl (C=O) groups is 1. The van der Waals surface area contributed by atoms with Gasteiger partial charge in [0.05, 0.1) is 0 Å². The Balaban J connectivity index is 1.88. The van der Waals surface area contributed by atoms with Crippen LogP contribution < -0.4 is 4.74 Å². The Morgan fingerprint density at radius 1 is 1.62 bits per heavy atom. The summed E-state index contributed by atoms with van der Waals surface area (Å²) >= 11 is -1.49. The van der Waals surface area contributed by atoms with E-state index in [4.69, 9.17) is 7.38 Å². The van der Waals surface area contributed by atoms with Gasteiger partial charge in [0.2, 0.25) is 0 Å². The molecule has 82 valence electrons. The number of rotatable bonds is 3. The molecule has 0 radical (unpaired) electrons. The Morgan fingerprint density at radius 3 is 3.19 bits per heavy atom. The summed E-state index contributed by atoms with van der Waals surface area (Å²) in [6.45, 7) is 3.57. The zero-order chi connectivity index (χ0) is 11.5. The van der Waals surface area contributed by atoms with Gasteiger partial charge in [0.25, 0.3) is 0 Å². The van der Waals surface area contributed by atoms with E-state index < -0.39 is 25.0 Å². The van der Waals surface area contributed by atoms with Crippen molar-refractivity contribution < 1.29 is 37.2 Å². The van der Waals surface area contributed by atoms with Gasteiger partial charge in [0.1, 0.15) is 0 Å². The number of ether oxygens (including phenoxy) is 1. The number of carbonyl (C=O) groups excluding carboxylic acids is 1.